The lowest BCUT2D eigenvalue weighted by Gasteiger charge is -2.08. The van der Waals surface area contributed by atoms with Crippen LogP contribution in [-0.2, 0) is 4.79 Å². The average molecular weight is 282 g/mol. The fourth-order valence-electron chi connectivity index (χ4n) is 1.18. The van der Waals surface area contributed by atoms with Crippen LogP contribution in [0.4, 0.5) is 0 Å². The molecule has 1 aromatic carbocycles. The van der Waals surface area contributed by atoms with Crippen molar-refractivity contribution in [3.05, 3.63) is 40.4 Å². The van der Waals surface area contributed by atoms with E-state index in [1.54, 1.807) is 6.08 Å². The highest BCUT2D eigenvalue weighted by Crippen LogP contribution is 2.12. The molecule has 2 nitrogen and oxygen atoms in total. The Hall–Kier alpha value is -1.09. The van der Waals surface area contributed by atoms with Gasteiger partial charge in [0.25, 0.3) is 0 Å². The SMILES string of the molecule is CC[C@H](C)NC(=O)/C=C/c1cccc(Br)c1. The molecule has 0 radical (unpaired) electrons. The summed E-state index contributed by atoms with van der Waals surface area (Å²) in [4.78, 5) is 11.5. The Bertz CT molecular complexity index is 387. The Labute approximate surface area is 105 Å². The number of rotatable bonds is 4. The first kappa shape index (κ1) is 13.0. The third-order valence-corrected chi connectivity index (χ3v) is 2.77. The quantitative estimate of drug-likeness (QED) is 0.843. The van der Waals surface area contributed by atoms with Crippen LogP contribution in [0.15, 0.2) is 34.8 Å². The van der Waals surface area contributed by atoms with Crippen molar-refractivity contribution < 1.29 is 4.79 Å². The summed E-state index contributed by atoms with van der Waals surface area (Å²) >= 11 is 3.39. The Morgan fingerprint density at radius 3 is 2.94 bits per heavy atom. The topological polar surface area (TPSA) is 29.1 Å². The van der Waals surface area contributed by atoms with E-state index in [1.165, 1.54) is 0 Å². The molecule has 1 amide bonds. The molecular formula is C13H16BrNO. The van der Waals surface area contributed by atoms with E-state index in [2.05, 4.69) is 21.2 Å². The molecule has 0 aromatic heterocycles. The lowest BCUT2D eigenvalue weighted by atomic mass is 10.2. The highest BCUT2D eigenvalue weighted by molar-refractivity contribution is 9.10. The first-order valence-corrected chi connectivity index (χ1v) is 6.15. The third-order valence-electron chi connectivity index (χ3n) is 2.28. The van der Waals surface area contributed by atoms with Crippen molar-refractivity contribution in [2.75, 3.05) is 0 Å². The van der Waals surface area contributed by atoms with E-state index in [4.69, 9.17) is 0 Å². The minimum Gasteiger partial charge on any atom is -0.350 e. The van der Waals surface area contributed by atoms with Gasteiger partial charge in [0.2, 0.25) is 5.91 Å². The van der Waals surface area contributed by atoms with Crippen molar-refractivity contribution in [1.82, 2.24) is 5.32 Å². The summed E-state index contributed by atoms with van der Waals surface area (Å²) in [5.41, 5.74) is 1.01. The summed E-state index contributed by atoms with van der Waals surface area (Å²) in [5, 5.41) is 2.88. The smallest absolute Gasteiger partial charge is 0.244 e. The van der Waals surface area contributed by atoms with Crippen LogP contribution in [0.5, 0.6) is 0 Å². The number of carbonyl (C=O) groups is 1. The molecule has 1 rings (SSSR count). The number of benzene rings is 1. The average Bonchev–Trinajstić information content (AvgIpc) is 2.26. The second-order valence-electron chi connectivity index (χ2n) is 3.71. The number of amides is 1. The van der Waals surface area contributed by atoms with Crippen molar-refractivity contribution in [2.45, 2.75) is 26.3 Å². The van der Waals surface area contributed by atoms with Gasteiger partial charge in [-0.1, -0.05) is 35.0 Å². The number of nitrogens with one attached hydrogen (secondary N) is 1. The predicted octanol–water partition coefficient (Wildman–Crippen LogP) is 3.38. The van der Waals surface area contributed by atoms with Gasteiger partial charge in [-0.15, -0.1) is 0 Å². The van der Waals surface area contributed by atoms with Crippen LogP contribution in [0, 0.1) is 0 Å². The summed E-state index contributed by atoms with van der Waals surface area (Å²) in [6.45, 7) is 4.04. The van der Waals surface area contributed by atoms with Gasteiger partial charge >= 0.3 is 0 Å². The van der Waals surface area contributed by atoms with Gasteiger partial charge in [0.1, 0.15) is 0 Å². The molecule has 1 aromatic rings. The molecule has 0 spiro atoms. The molecule has 16 heavy (non-hydrogen) atoms. The zero-order chi connectivity index (χ0) is 12.0. The highest BCUT2D eigenvalue weighted by atomic mass is 79.9. The van der Waals surface area contributed by atoms with Crippen molar-refractivity contribution >= 4 is 27.9 Å². The van der Waals surface area contributed by atoms with E-state index in [1.807, 2.05) is 44.2 Å². The molecule has 0 fully saturated rings. The van der Waals surface area contributed by atoms with Crippen LogP contribution in [0.25, 0.3) is 6.08 Å². The molecule has 3 heteroatoms. The molecule has 0 saturated heterocycles. The Morgan fingerprint density at radius 1 is 1.56 bits per heavy atom. The minimum atomic E-state index is -0.0469. The first-order valence-electron chi connectivity index (χ1n) is 5.36. The number of hydrogen-bond acceptors (Lipinski definition) is 1. The lowest BCUT2D eigenvalue weighted by molar-refractivity contribution is -0.117. The standard InChI is InChI=1S/C13H16BrNO/c1-3-10(2)15-13(16)8-7-11-5-4-6-12(14)9-11/h4-10H,3H2,1-2H3,(H,15,16)/b8-7+/t10-/m0/s1. The first-order chi connectivity index (χ1) is 7.61. The van der Waals surface area contributed by atoms with Crippen LogP contribution in [0.1, 0.15) is 25.8 Å². The van der Waals surface area contributed by atoms with E-state index in [0.717, 1.165) is 16.5 Å². The minimum absolute atomic E-state index is 0.0469. The molecule has 86 valence electrons. The maximum Gasteiger partial charge on any atom is 0.244 e. The molecule has 0 heterocycles. The van der Waals surface area contributed by atoms with Gasteiger partial charge in [0.05, 0.1) is 0 Å². The van der Waals surface area contributed by atoms with Gasteiger partial charge < -0.3 is 5.32 Å². The van der Waals surface area contributed by atoms with Crippen molar-refractivity contribution in [1.29, 1.82) is 0 Å². The Balaban J connectivity index is 2.56. The van der Waals surface area contributed by atoms with E-state index < -0.39 is 0 Å². The molecular weight excluding hydrogens is 266 g/mol. The fraction of sp³-hybridized carbons (Fsp3) is 0.308. The van der Waals surface area contributed by atoms with Crippen molar-refractivity contribution in [3.63, 3.8) is 0 Å². The molecule has 0 aliphatic carbocycles. The van der Waals surface area contributed by atoms with E-state index >= 15 is 0 Å². The Kier molecular flexibility index (Phi) is 5.26. The lowest BCUT2D eigenvalue weighted by Crippen LogP contribution is -2.30. The van der Waals surface area contributed by atoms with E-state index in [0.29, 0.717) is 0 Å². The number of halogens is 1. The van der Waals surface area contributed by atoms with E-state index in [9.17, 15) is 4.79 Å². The summed E-state index contributed by atoms with van der Waals surface area (Å²) in [6, 6.07) is 8.04. The zero-order valence-corrected chi connectivity index (χ0v) is 11.1. The predicted molar refractivity (Wildman–Crippen MR) is 71.1 cm³/mol. The highest BCUT2D eigenvalue weighted by Gasteiger charge is 2.00. The molecule has 0 unspecified atom stereocenters. The van der Waals surface area contributed by atoms with Gasteiger partial charge in [0, 0.05) is 16.6 Å². The summed E-state index contributed by atoms with van der Waals surface area (Å²) in [7, 11) is 0. The molecule has 0 aliphatic heterocycles. The molecule has 1 atom stereocenters. The summed E-state index contributed by atoms with van der Waals surface area (Å²) in [6.07, 6.45) is 4.31. The van der Waals surface area contributed by atoms with Crippen LogP contribution >= 0.6 is 15.9 Å². The summed E-state index contributed by atoms with van der Waals surface area (Å²) < 4.78 is 1.01. The maximum absolute atomic E-state index is 11.5. The van der Waals surface area contributed by atoms with Crippen molar-refractivity contribution in [2.24, 2.45) is 0 Å². The molecule has 0 saturated carbocycles. The van der Waals surface area contributed by atoms with Gasteiger partial charge in [-0.25, -0.2) is 0 Å². The van der Waals surface area contributed by atoms with Crippen LogP contribution in [0.3, 0.4) is 0 Å². The fourth-order valence-corrected chi connectivity index (χ4v) is 1.59. The van der Waals surface area contributed by atoms with Crippen LogP contribution in [0.2, 0.25) is 0 Å². The van der Waals surface area contributed by atoms with Crippen LogP contribution in [-0.4, -0.2) is 11.9 Å². The molecule has 1 N–H and O–H groups in total. The van der Waals surface area contributed by atoms with Crippen molar-refractivity contribution in [3.8, 4) is 0 Å². The normalized spacial score (nSPS) is 12.7. The largest absolute Gasteiger partial charge is 0.350 e. The number of hydrogen-bond donors (Lipinski definition) is 1. The maximum atomic E-state index is 11.5. The van der Waals surface area contributed by atoms with Gasteiger partial charge in [0.15, 0.2) is 0 Å². The molecule has 0 bridgehead atoms. The number of carbonyl (C=O) groups excluding carboxylic acids is 1. The van der Waals surface area contributed by atoms with Crippen LogP contribution < -0.4 is 5.32 Å². The third kappa shape index (κ3) is 4.62. The second kappa shape index (κ2) is 6.48. The zero-order valence-electron chi connectivity index (χ0n) is 9.53. The van der Waals surface area contributed by atoms with Gasteiger partial charge in [-0.2, -0.15) is 0 Å². The summed E-state index contributed by atoms with van der Waals surface area (Å²) in [5.74, 6) is -0.0469. The Morgan fingerprint density at radius 2 is 2.31 bits per heavy atom. The second-order valence-corrected chi connectivity index (χ2v) is 4.62. The van der Waals surface area contributed by atoms with Gasteiger partial charge in [-0.05, 0) is 37.1 Å². The van der Waals surface area contributed by atoms with Gasteiger partial charge in [-0.3, -0.25) is 4.79 Å². The molecule has 0 aliphatic rings. The monoisotopic (exact) mass is 281 g/mol. The van der Waals surface area contributed by atoms with E-state index in [-0.39, 0.29) is 11.9 Å².